The minimum atomic E-state index is -0.432. The van der Waals surface area contributed by atoms with Crippen LogP contribution in [0, 0.1) is 12.7 Å². The van der Waals surface area contributed by atoms with Crippen molar-refractivity contribution < 1.29 is 4.39 Å². The van der Waals surface area contributed by atoms with Gasteiger partial charge in [0.2, 0.25) is 0 Å². The summed E-state index contributed by atoms with van der Waals surface area (Å²) in [5, 5.41) is 0.862. The maximum atomic E-state index is 13.4. The average Bonchev–Trinajstić information content (AvgIpc) is 2.80. The fourth-order valence-corrected chi connectivity index (χ4v) is 2.88. The first-order chi connectivity index (χ1) is 9.61. The molecule has 0 aliphatic heterocycles. The number of nitrogens with one attached hydrogen (secondary N) is 1. The van der Waals surface area contributed by atoms with Crippen LogP contribution in [0.25, 0.3) is 11.0 Å². The molecule has 5 heteroatoms. The number of aromatic amines is 1. The molecule has 3 aromatic rings. The van der Waals surface area contributed by atoms with Crippen LogP contribution in [0.3, 0.4) is 0 Å². The van der Waals surface area contributed by atoms with E-state index in [2.05, 4.69) is 41.2 Å². The molecule has 0 saturated carbocycles. The van der Waals surface area contributed by atoms with E-state index in [0.29, 0.717) is 11.0 Å². The molecule has 0 saturated heterocycles. The van der Waals surface area contributed by atoms with E-state index in [4.69, 9.17) is 11.6 Å². The Morgan fingerprint density at radius 1 is 1.25 bits per heavy atom. The van der Waals surface area contributed by atoms with Gasteiger partial charge in [-0.3, -0.25) is 0 Å². The Labute approximate surface area is 125 Å². The zero-order valence-corrected chi connectivity index (χ0v) is 12.4. The largest absolute Gasteiger partial charge is 0.333 e. The number of aromatic nitrogens is 2. The maximum absolute atomic E-state index is 13.4. The van der Waals surface area contributed by atoms with Crippen molar-refractivity contribution in [3.05, 3.63) is 58.4 Å². The highest BCUT2D eigenvalue weighted by Gasteiger charge is 2.08. The first kappa shape index (κ1) is 13.5. The number of benzene rings is 2. The normalized spacial score (nSPS) is 11.2. The van der Waals surface area contributed by atoms with Crippen molar-refractivity contribution in [2.45, 2.75) is 17.8 Å². The van der Waals surface area contributed by atoms with Gasteiger partial charge in [-0.25, -0.2) is 9.37 Å². The van der Waals surface area contributed by atoms with E-state index in [9.17, 15) is 4.39 Å². The smallest absolute Gasteiger partial charge is 0.166 e. The van der Waals surface area contributed by atoms with Crippen molar-refractivity contribution in [1.82, 2.24) is 9.97 Å². The van der Waals surface area contributed by atoms with Gasteiger partial charge in [0.25, 0.3) is 0 Å². The zero-order chi connectivity index (χ0) is 14.1. The molecule has 102 valence electrons. The lowest BCUT2D eigenvalue weighted by atomic mass is 10.2. The standard InChI is InChI=1S/C15H12ClFN2S/c1-9-2-4-10(5-3-9)8-20-15-18-13-6-11(16)12(17)7-14(13)19-15/h2-7H,8H2,1H3,(H,18,19). The van der Waals surface area contributed by atoms with E-state index >= 15 is 0 Å². The van der Waals surface area contributed by atoms with Gasteiger partial charge < -0.3 is 4.98 Å². The third kappa shape index (κ3) is 2.81. The van der Waals surface area contributed by atoms with Gasteiger partial charge in [0.05, 0.1) is 16.1 Å². The van der Waals surface area contributed by atoms with Crippen molar-refractivity contribution >= 4 is 34.4 Å². The molecule has 0 amide bonds. The van der Waals surface area contributed by atoms with Crippen molar-refractivity contribution in [3.63, 3.8) is 0 Å². The van der Waals surface area contributed by atoms with Crippen molar-refractivity contribution in [3.8, 4) is 0 Å². The molecule has 0 aliphatic rings. The van der Waals surface area contributed by atoms with Gasteiger partial charge in [0.15, 0.2) is 5.16 Å². The number of thioether (sulfide) groups is 1. The van der Waals surface area contributed by atoms with Gasteiger partial charge in [-0.15, -0.1) is 0 Å². The summed E-state index contributed by atoms with van der Waals surface area (Å²) in [6.45, 7) is 2.06. The molecule has 1 N–H and O–H groups in total. The van der Waals surface area contributed by atoms with Crippen LogP contribution in [0.1, 0.15) is 11.1 Å². The van der Waals surface area contributed by atoms with Gasteiger partial charge in [-0.05, 0) is 18.6 Å². The first-order valence-corrected chi connectivity index (χ1v) is 7.51. The second-order valence-corrected chi connectivity index (χ2v) is 5.97. The molecular formula is C15H12ClFN2S. The van der Waals surface area contributed by atoms with Crippen LogP contribution in [0.2, 0.25) is 5.02 Å². The zero-order valence-electron chi connectivity index (χ0n) is 10.8. The number of hydrogen-bond acceptors (Lipinski definition) is 2. The van der Waals surface area contributed by atoms with Crippen LogP contribution in [-0.2, 0) is 5.75 Å². The molecule has 1 heterocycles. The number of hydrogen-bond donors (Lipinski definition) is 1. The molecule has 0 aliphatic carbocycles. The van der Waals surface area contributed by atoms with Crippen LogP contribution < -0.4 is 0 Å². The van der Waals surface area contributed by atoms with E-state index in [0.717, 1.165) is 10.9 Å². The first-order valence-electron chi connectivity index (χ1n) is 6.15. The maximum Gasteiger partial charge on any atom is 0.166 e. The number of fused-ring (bicyclic) bond motifs is 1. The lowest BCUT2D eigenvalue weighted by molar-refractivity contribution is 0.630. The molecule has 2 aromatic carbocycles. The Bertz CT molecular complexity index is 713. The third-order valence-electron chi connectivity index (χ3n) is 3.00. The van der Waals surface area contributed by atoms with Crippen LogP contribution >= 0.6 is 23.4 Å². The quantitative estimate of drug-likeness (QED) is 0.693. The van der Waals surface area contributed by atoms with Gasteiger partial charge >= 0.3 is 0 Å². The summed E-state index contributed by atoms with van der Waals surface area (Å²) in [6.07, 6.45) is 0. The van der Waals surface area contributed by atoms with Gasteiger partial charge in [0.1, 0.15) is 5.82 Å². The SMILES string of the molecule is Cc1ccc(CSc2nc3cc(Cl)c(F)cc3[nH]2)cc1. The molecule has 20 heavy (non-hydrogen) atoms. The highest BCUT2D eigenvalue weighted by Crippen LogP contribution is 2.26. The predicted molar refractivity (Wildman–Crippen MR) is 81.8 cm³/mol. The summed E-state index contributed by atoms with van der Waals surface area (Å²) in [6, 6.07) is 11.3. The summed E-state index contributed by atoms with van der Waals surface area (Å²) in [4.78, 5) is 7.50. The minimum absolute atomic E-state index is 0.0964. The Kier molecular flexibility index (Phi) is 3.68. The fraction of sp³-hybridized carbons (Fsp3) is 0.133. The van der Waals surface area contributed by atoms with Gasteiger partial charge in [-0.2, -0.15) is 0 Å². The lowest BCUT2D eigenvalue weighted by Gasteiger charge is -1.99. The minimum Gasteiger partial charge on any atom is -0.333 e. The Morgan fingerprint density at radius 2 is 2.00 bits per heavy atom. The molecule has 0 unspecified atom stereocenters. The monoisotopic (exact) mass is 306 g/mol. The lowest BCUT2D eigenvalue weighted by Crippen LogP contribution is -1.82. The average molecular weight is 307 g/mol. The van der Waals surface area contributed by atoms with Crippen LogP contribution in [0.5, 0.6) is 0 Å². The van der Waals surface area contributed by atoms with E-state index in [1.165, 1.54) is 17.2 Å². The molecule has 0 fully saturated rings. The molecule has 2 nitrogen and oxygen atoms in total. The van der Waals surface area contributed by atoms with Crippen molar-refractivity contribution in [2.75, 3.05) is 0 Å². The molecular weight excluding hydrogens is 295 g/mol. The number of imidazole rings is 1. The van der Waals surface area contributed by atoms with E-state index in [1.807, 2.05) is 0 Å². The molecule has 3 rings (SSSR count). The highest BCUT2D eigenvalue weighted by molar-refractivity contribution is 7.98. The summed E-state index contributed by atoms with van der Waals surface area (Å²) in [7, 11) is 0. The number of H-pyrrole nitrogens is 1. The van der Waals surface area contributed by atoms with Crippen LogP contribution in [0.4, 0.5) is 4.39 Å². The number of rotatable bonds is 3. The second-order valence-electron chi connectivity index (χ2n) is 4.60. The molecule has 0 radical (unpaired) electrons. The molecule has 1 aromatic heterocycles. The summed E-state index contributed by atoms with van der Waals surface area (Å²) >= 11 is 7.33. The predicted octanol–water partition coefficient (Wildman–Crippen LogP) is 4.96. The van der Waals surface area contributed by atoms with E-state index < -0.39 is 5.82 Å². The van der Waals surface area contributed by atoms with Crippen LogP contribution in [0.15, 0.2) is 41.6 Å². The second kappa shape index (κ2) is 5.46. The summed E-state index contributed by atoms with van der Waals surface area (Å²) in [5.74, 6) is 0.383. The Hall–Kier alpha value is -1.52. The summed E-state index contributed by atoms with van der Waals surface area (Å²) in [5.41, 5.74) is 3.82. The topological polar surface area (TPSA) is 28.7 Å². The fourth-order valence-electron chi connectivity index (χ4n) is 1.89. The Balaban J connectivity index is 1.79. The number of aryl methyl sites for hydroxylation is 1. The number of halogens is 2. The van der Waals surface area contributed by atoms with Crippen LogP contribution in [-0.4, -0.2) is 9.97 Å². The molecule has 0 atom stereocenters. The van der Waals surface area contributed by atoms with Crippen molar-refractivity contribution in [1.29, 1.82) is 0 Å². The van der Waals surface area contributed by atoms with Gasteiger partial charge in [-0.1, -0.05) is 53.2 Å². The number of nitrogens with zero attached hydrogens (tertiary/aromatic N) is 1. The van der Waals surface area contributed by atoms with Crippen molar-refractivity contribution in [2.24, 2.45) is 0 Å². The highest BCUT2D eigenvalue weighted by atomic mass is 35.5. The van der Waals surface area contributed by atoms with E-state index in [1.54, 1.807) is 17.8 Å². The molecule has 0 bridgehead atoms. The van der Waals surface area contributed by atoms with Gasteiger partial charge in [0, 0.05) is 11.8 Å². The third-order valence-corrected chi connectivity index (χ3v) is 4.23. The Morgan fingerprint density at radius 3 is 2.75 bits per heavy atom. The van der Waals surface area contributed by atoms with E-state index in [-0.39, 0.29) is 5.02 Å². The summed E-state index contributed by atoms with van der Waals surface area (Å²) < 4.78 is 13.4. The molecule has 0 spiro atoms.